The molecule has 1 aromatic carbocycles. The highest BCUT2D eigenvalue weighted by Gasteiger charge is 2.02. The Balaban J connectivity index is 3.15. The van der Waals surface area contributed by atoms with Gasteiger partial charge in [0.25, 0.3) is 0 Å². The molecule has 0 saturated carbocycles. The van der Waals surface area contributed by atoms with Gasteiger partial charge in [0.15, 0.2) is 11.1 Å². The molecule has 0 aliphatic heterocycles. The summed E-state index contributed by atoms with van der Waals surface area (Å²) in [5.41, 5.74) is 0. The third kappa shape index (κ3) is 2.02. The number of halogens is 1. The summed E-state index contributed by atoms with van der Waals surface area (Å²) in [6, 6.07) is 4.21. The highest BCUT2D eigenvalue weighted by Crippen LogP contribution is 2.25. The molecule has 2 N–H and O–H groups in total. The zero-order valence-electron chi connectivity index (χ0n) is 5.32. The molecule has 0 bridgehead atoms. The van der Waals surface area contributed by atoms with E-state index in [2.05, 4.69) is 15.9 Å². The fourth-order valence-corrected chi connectivity index (χ4v) is 1.24. The maximum Gasteiger partial charge on any atom is 0.186 e. The van der Waals surface area contributed by atoms with Gasteiger partial charge in [-0.05, 0) is 34.1 Å². The summed E-state index contributed by atoms with van der Waals surface area (Å²) < 4.78 is 19.5. The van der Waals surface area contributed by atoms with Crippen molar-refractivity contribution in [2.45, 2.75) is 4.90 Å². The topological polar surface area (TPSA) is 57.5 Å². The first-order valence-electron chi connectivity index (χ1n) is 2.70. The first-order chi connectivity index (χ1) is 5.11. The number of phenols is 1. The lowest BCUT2D eigenvalue weighted by molar-refractivity contribution is 0.469. The van der Waals surface area contributed by atoms with Crippen LogP contribution in [0.4, 0.5) is 0 Å². The Labute approximate surface area is 74.5 Å². The van der Waals surface area contributed by atoms with Crippen LogP contribution in [0.15, 0.2) is 27.6 Å². The second kappa shape index (κ2) is 3.34. The van der Waals surface area contributed by atoms with Gasteiger partial charge in [-0.3, -0.25) is 0 Å². The smallest absolute Gasteiger partial charge is 0.186 e. The van der Waals surface area contributed by atoms with E-state index >= 15 is 0 Å². The number of phenolic OH excluding ortho intramolecular Hbond substituents is 1. The van der Waals surface area contributed by atoms with E-state index in [0.717, 1.165) is 0 Å². The Morgan fingerprint density at radius 2 is 2.09 bits per heavy atom. The minimum Gasteiger partial charge on any atom is -0.507 e. The summed E-state index contributed by atoms with van der Waals surface area (Å²) in [6.07, 6.45) is 0. The van der Waals surface area contributed by atoms with Crippen LogP contribution in [0.5, 0.6) is 5.75 Å². The van der Waals surface area contributed by atoms with E-state index in [1.54, 1.807) is 0 Å². The molecule has 0 heterocycles. The van der Waals surface area contributed by atoms with Crippen molar-refractivity contribution >= 4 is 27.0 Å². The number of hydrogen-bond donors (Lipinski definition) is 2. The maximum atomic E-state index is 10.4. The van der Waals surface area contributed by atoms with Crippen LogP contribution in [0.1, 0.15) is 0 Å². The Morgan fingerprint density at radius 1 is 1.45 bits per heavy atom. The Hall–Kier alpha value is -0.390. The summed E-state index contributed by atoms with van der Waals surface area (Å²) >= 11 is 1.02. The van der Waals surface area contributed by atoms with Crippen molar-refractivity contribution in [3.05, 3.63) is 22.7 Å². The molecule has 0 fully saturated rings. The lowest BCUT2D eigenvalue weighted by atomic mass is 10.3. The minimum atomic E-state index is -2.03. The van der Waals surface area contributed by atoms with E-state index in [9.17, 15) is 4.21 Å². The number of benzene rings is 1. The Morgan fingerprint density at radius 3 is 2.55 bits per heavy atom. The molecule has 0 aliphatic carbocycles. The number of aromatic hydroxyl groups is 1. The summed E-state index contributed by atoms with van der Waals surface area (Å²) in [7, 11) is 0. The first-order valence-corrected chi connectivity index (χ1v) is 4.60. The molecule has 1 unspecified atom stereocenters. The second-order valence-corrected chi connectivity index (χ2v) is 3.69. The maximum absolute atomic E-state index is 10.4. The van der Waals surface area contributed by atoms with Crippen molar-refractivity contribution in [2.75, 3.05) is 0 Å². The van der Waals surface area contributed by atoms with Gasteiger partial charge in [0.1, 0.15) is 5.75 Å². The molecule has 0 spiro atoms. The fraction of sp³-hybridized carbons (Fsp3) is 0. The van der Waals surface area contributed by atoms with E-state index < -0.39 is 11.1 Å². The largest absolute Gasteiger partial charge is 0.507 e. The van der Waals surface area contributed by atoms with Gasteiger partial charge in [0.2, 0.25) is 0 Å². The first kappa shape index (κ1) is 8.70. The molecule has 1 rings (SSSR count). The second-order valence-electron chi connectivity index (χ2n) is 1.86. The van der Waals surface area contributed by atoms with Crippen molar-refractivity contribution in [1.82, 2.24) is 0 Å². The predicted octanol–water partition coefficient (Wildman–Crippen LogP) is 1.74. The van der Waals surface area contributed by atoms with Crippen LogP contribution in [0.25, 0.3) is 0 Å². The molecule has 1 aromatic rings. The molecule has 11 heavy (non-hydrogen) atoms. The quantitative estimate of drug-likeness (QED) is 0.731. The molecule has 0 aliphatic rings. The normalized spacial score (nSPS) is 12.9. The van der Waals surface area contributed by atoms with E-state index in [0.29, 0.717) is 4.47 Å². The SMILES string of the molecule is O=S(O)c1ccc(Br)c(O)c1. The van der Waals surface area contributed by atoms with Crippen molar-refractivity contribution in [2.24, 2.45) is 0 Å². The molecule has 0 saturated heterocycles. The molecule has 0 amide bonds. The van der Waals surface area contributed by atoms with Crippen molar-refractivity contribution < 1.29 is 13.9 Å². The van der Waals surface area contributed by atoms with E-state index in [1.165, 1.54) is 18.2 Å². The van der Waals surface area contributed by atoms with Crippen LogP contribution in [-0.4, -0.2) is 13.9 Å². The van der Waals surface area contributed by atoms with Crippen molar-refractivity contribution in [3.8, 4) is 5.75 Å². The van der Waals surface area contributed by atoms with Crippen LogP contribution >= 0.6 is 15.9 Å². The highest BCUT2D eigenvalue weighted by atomic mass is 79.9. The van der Waals surface area contributed by atoms with Gasteiger partial charge < -0.3 is 9.66 Å². The zero-order valence-corrected chi connectivity index (χ0v) is 7.72. The van der Waals surface area contributed by atoms with E-state index in [-0.39, 0.29) is 10.6 Å². The van der Waals surface area contributed by atoms with Gasteiger partial charge in [0.05, 0.1) is 9.37 Å². The minimum absolute atomic E-state index is 0.0371. The molecular weight excluding hydrogens is 232 g/mol. The average Bonchev–Trinajstić information content (AvgIpc) is 1.94. The summed E-state index contributed by atoms with van der Waals surface area (Å²) in [5.74, 6) is -0.0371. The average molecular weight is 237 g/mol. The van der Waals surface area contributed by atoms with Crippen molar-refractivity contribution in [3.63, 3.8) is 0 Å². The third-order valence-electron chi connectivity index (χ3n) is 1.12. The van der Waals surface area contributed by atoms with Crippen LogP contribution in [0.2, 0.25) is 0 Å². The van der Waals surface area contributed by atoms with Crippen LogP contribution in [0, 0.1) is 0 Å². The van der Waals surface area contributed by atoms with Gasteiger partial charge in [-0.2, -0.15) is 0 Å². The molecular formula is C6H5BrO3S. The standard InChI is InChI=1S/C6H5BrO3S/c7-5-2-1-4(11(9)10)3-6(5)8/h1-3,8H,(H,9,10). The zero-order chi connectivity index (χ0) is 8.43. The number of rotatable bonds is 1. The molecule has 3 nitrogen and oxygen atoms in total. The van der Waals surface area contributed by atoms with Crippen LogP contribution in [0.3, 0.4) is 0 Å². The Kier molecular flexibility index (Phi) is 2.64. The van der Waals surface area contributed by atoms with Crippen LogP contribution < -0.4 is 0 Å². The van der Waals surface area contributed by atoms with E-state index in [4.69, 9.17) is 9.66 Å². The fourth-order valence-electron chi connectivity index (χ4n) is 0.601. The van der Waals surface area contributed by atoms with E-state index in [1.807, 2.05) is 0 Å². The van der Waals surface area contributed by atoms with Crippen molar-refractivity contribution in [1.29, 1.82) is 0 Å². The monoisotopic (exact) mass is 236 g/mol. The lowest BCUT2D eigenvalue weighted by Gasteiger charge is -1.97. The van der Waals surface area contributed by atoms with Gasteiger partial charge in [0, 0.05) is 0 Å². The van der Waals surface area contributed by atoms with Gasteiger partial charge >= 0.3 is 0 Å². The van der Waals surface area contributed by atoms with Gasteiger partial charge in [-0.25, -0.2) is 4.21 Å². The molecule has 1 atom stereocenters. The predicted molar refractivity (Wildman–Crippen MR) is 44.8 cm³/mol. The summed E-state index contributed by atoms with van der Waals surface area (Å²) in [4.78, 5) is 0.186. The molecule has 0 radical (unpaired) electrons. The molecule has 0 aromatic heterocycles. The van der Waals surface area contributed by atoms with Gasteiger partial charge in [-0.1, -0.05) is 0 Å². The molecule has 5 heteroatoms. The van der Waals surface area contributed by atoms with Crippen LogP contribution in [-0.2, 0) is 11.1 Å². The summed E-state index contributed by atoms with van der Waals surface area (Å²) in [6.45, 7) is 0. The summed E-state index contributed by atoms with van der Waals surface area (Å²) in [5, 5.41) is 9.06. The van der Waals surface area contributed by atoms with Gasteiger partial charge in [-0.15, -0.1) is 0 Å². The highest BCUT2D eigenvalue weighted by molar-refractivity contribution is 9.10. The Bertz CT molecular complexity index is 300. The lowest BCUT2D eigenvalue weighted by Crippen LogP contribution is -1.86. The molecule has 60 valence electrons. The third-order valence-corrected chi connectivity index (χ3v) is 2.45. The number of hydrogen-bond acceptors (Lipinski definition) is 2.